The molecule has 0 amide bonds. The van der Waals surface area contributed by atoms with E-state index in [4.69, 9.17) is 9.84 Å². The first-order valence-corrected chi connectivity index (χ1v) is 4.92. The van der Waals surface area contributed by atoms with E-state index in [2.05, 4.69) is 0 Å². The van der Waals surface area contributed by atoms with Gasteiger partial charge in [0.1, 0.15) is 24.4 Å². The second kappa shape index (κ2) is 5.20. The highest BCUT2D eigenvalue weighted by Crippen LogP contribution is 2.21. The molecule has 1 rings (SSSR count). The molecule has 0 bridgehead atoms. The Balaban J connectivity index is 2.65. The van der Waals surface area contributed by atoms with Gasteiger partial charge in [0.2, 0.25) is 0 Å². The number of aliphatic hydroxyl groups is 4. The highest BCUT2D eigenvalue weighted by atomic mass is 16.5. The molecule has 0 aliphatic carbocycles. The summed E-state index contributed by atoms with van der Waals surface area (Å²) in [6, 6.07) is 0. The molecule has 0 aromatic rings. The Morgan fingerprint density at radius 2 is 1.53 bits per heavy atom. The molecule has 5 atom stereocenters. The first-order chi connectivity index (χ1) is 6.97. The highest BCUT2D eigenvalue weighted by Gasteiger charge is 2.43. The molecule has 15 heavy (non-hydrogen) atoms. The summed E-state index contributed by atoms with van der Waals surface area (Å²) in [6.45, 7) is 0.0380. The van der Waals surface area contributed by atoms with Gasteiger partial charge in [-0.1, -0.05) is 0 Å². The van der Waals surface area contributed by atoms with Crippen molar-refractivity contribution in [2.75, 3.05) is 27.2 Å². The van der Waals surface area contributed by atoms with Crippen LogP contribution in [-0.2, 0) is 4.74 Å². The van der Waals surface area contributed by atoms with E-state index in [9.17, 15) is 15.3 Å². The Hall–Kier alpha value is -0.240. The number of rotatable bonds is 3. The van der Waals surface area contributed by atoms with Crippen LogP contribution in [0, 0.1) is 0 Å². The quantitative estimate of drug-likeness (QED) is 0.417. The van der Waals surface area contributed by atoms with Crippen molar-refractivity contribution in [3.8, 4) is 0 Å². The van der Waals surface area contributed by atoms with Crippen LogP contribution in [-0.4, -0.2) is 83.1 Å². The molecule has 1 fully saturated rings. The average molecular weight is 221 g/mol. The summed E-state index contributed by atoms with van der Waals surface area (Å²) in [4.78, 5) is 1.80. The zero-order valence-electron chi connectivity index (χ0n) is 8.95. The van der Waals surface area contributed by atoms with Gasteiger partial charge in [0, 0.05) is 6.54 Å². The first kappa shape index (κ1) is 12.8. The van der Waals surface area contributed by atoms with Crippen LogP contribution >= 0.6 is 0 Å². The van der Waals surface area contributed by atoms with Gasteiger partial charge in [0.05, 0.1) is 12.7 Å². The van der Waals surface area contributed by atoms with Crippen molar-refractivity contribution in [1.29, 1.82) is 0 Å². The highest BCUT2D eigenvalue weighted by molar-refractivity contribution is 4.92. The Bertz CT molecular complexity index is 199. The van der Waals surface area contributed by atoms with Gasteiger partial charge in [-0.2, -0.15) is 0 Å². The van der Waals surface area contributed by atoms with Crippen molar-refractivity contribution in [2.45, 2.75) is 30.5 Å². The second-order valence-corrected chi connectivity index (χ2v) is 4.13. The fraction of sp³-hybridized carbons (Fsp3) is 1.00. The average Bonchev–Trinajstić information content (AvgIpc) is 2.18. The minimum atomic E-state index is -1.28. The molecular weight excluding hydrogens is 202 g/mol. The monoisotopic (exact) mass is 221 g/mol. The lowest BCUT2D eigenvalue weighted by Crippen LogP contribution is -2.60. The van der Waals surface area contributed by atoms with Crippen LogP contribution in [0.1, 0.15) is 0 Å². The standard InChI is InChI=1S/C9H19NO5/c1-10(2)3-5-7(12)9(14)8(13)6(4-11)15-5/h5-9,11-14H,3-4H2,1-2H3. The van der Waals surface area contributed by atoms with Crippen molar-refractivity contribution in [3.05, 3.63) is 0 Å². The predicted octanol–water partition coefficient (Wildman–Crippen LogP) is -2.61. The molecule has 4 N–H and O–H groups in total. The molecule has 0 aromatic carbocycles. The maximum Gasteiger partial charge on any atom is 0.111 e. The number of aliphatic hydroxyl groups excluding tert-OH is 4. The number of hydrogen-bond acceptors (Lipinski definition) is 6. The summed E-state index contributed by atoms with van der Waals surface area (Å²) in [6.07, 6.45) is -5.10. The van der Waals surface area contributed by atoms with Crippen LogP contribution in [0.25, 0.3) is 0 Å². The summed E-state index contributed by atoms with van der Waals surface area (Å²) >= 11 is 0. The molecule has 1 aliphatic rings. The first-order valence-electron chi connectivity index (χ1n) is 4.92. The van der Waals surface area contributed by atoms with Crippen LogP contribution in [0.3, 0.4) is 0 Å². The smallest absolute Gasteiger partial charge is 0.111 e. The molecule has 0 saturated carbocycles. The van der Waals surface area contributed by atoms with Crippen LogP contribution in [0.4, 0.5) is 0 Å². The molecule has 1 saturated heterocycles. The Morgan fingerprint density at radius 1 is 1.00 bits per heavy atom. The summed E-state index contributed by atoms with van der Waals surface area (Å²) in [7, 11) is 3.61. The fourth-order valence-electron chi connectivity index (χ4n) is 1.69. The molecule has 1 aliphatic heterocycles. The third kappa shape index (κ3) is 2.87. The number of ether oxygens (including phenoxy) is 1. The molecule has 0 spiro atoms. The van der Waals surface area contributed by atoms with E-state index in [-0.39, 0.29) is 6.61 Å². The largest absolute Gasteiger partial charge is 0.394 e. The lowest BCUT2D eigenvalue weighted by molar-refractivity contribution is -0.231. The van der Waals surface area contributed by atoms with Crippen LogP contribution in [0.2, 0.25) is 0 Å². The van der Waals surface area contributed by atoms with Gasteiger partial charge >= 0.3 is 0 Å². The maximum absolute atomic E-state index is 9.63. The summed E-state index contributed by atoms with van der Waals surface area (Å²) in [5.74, 6) is 0. The molecule has 5 unspecified atom stereocenters. The van der Waals surface area contributed by atoms with E-state index >= 15 is 0 Å². The minimum absolute atomic E-state index is 0.380. The molecule has 6 nitrogen and oxygen atoms in total. The topological polar surface area (TPSA) is 93.4 Å². The van der Waals surface area contributed by atoms with E-state index in [1.165, 1.54) is 0 Å². The van der Waals surface area contributed by atoms with Gasteiger partial charge in [-0.3, -0.25) is 0 Å². The summed E-state index contributed by atoms with van der Waals surface area (Å²) in [5.41, 5.74) is 0. The zero-order chi connectivity index (χ0) is 11.6. The summed E-state index contributed by atoms with van der Waals surface area (Å²) < 4.78 is 5.29. The number of nitrogens with zero attached hydrogens (tertiary/aromatic N) is 1. The minimum Gasteiger partial charge on any atom is -0.394 e. The fourth-order valence-corrected chi connectivity index (χ4v) is 1.69. The van der Waals surface area contributed by atoms with E-state index in [0.29, 0.717) is 6.54 Å². The molecule has 0 radical (unpaired) electrons. The zero-order valence-corrected chi connectivity index (χ0v) is 8.95. The van der Waals surface area contributed by atoms with E-state index < -0.39 is 30.5 Å². The van der Waals surface area contributed by atoms with Gasteiger partial charge in [0.25, 0.3) is 0 Å². The van der Waals surface area contributed by atoms with Crippen LogP contribution in [0.5, 0.6) is 0 Å². The molecule has 6 heteroatoms. The van der Waals surface area contributed by atoms with Crippen molar-refractivity contribution in [3.63, 3.8) is 0 Å². The van der Waals surface area contributed by atoms with Crippen molar-refractivity contribution >= 4 is 0 Å². The van der Waals surface area contributed by atoms with Crippen molar-refractivity contribution < 1.29 is 25.2 Å². The third-order valence-corrected chi connectivity index (χ3v) is 2.54. The van der Waals surface area contributed by atoms with Gasteiger partial charge in [-0.25, -0.2) is 0 Å². The van der Waals surface area contributed by atoms with E-state index in [1.54, 1.807) is 19.0 Å². The Kier molecular flexibility index (Phi) is 4.45. The van der Waals surface area contributed by atoms with E-state index in [1.807, 2.05) is 0 Å². The Morgan fingerprint density at radius 3 is 2.00 bits per heavy atom. The molecular formula is C9H19NO5. The second-order valence-electron chi connectivity index (χ2n) is 4.13. The van der Waals surface area contributed by atoms with Crippen LogP contribution in [0.15, 0.2) is 0 Å². The Labute approximate surface area is 88.7 Å². The summed E-state index contributed by atoms with van der Waals surface area (Å²) in [5, 5.41) is 37.5. The normalized spacial score (nSPS) is 42.2. The SMILES string of the molecule is CN(C)CC1OC(CO)C(O)C(O)C1O. The third-order valence-electron chi connectivity index (χ3n) is 2.54. The van der Waals surface area contributed by atoms with Gasteiger partial charge < -0.3 is 30.1 Å². The van der Waals surface area contributed by atoms with Crippen molar-refractivity contribution in [1.82, 2.24) is 4.90 Å². The molecule has 1 heterocycles. The van der Waals surface area contributed by atoms with Gasteiger partial charge in [-0.05, 0) is 14.1 Å². The van der Waals surface area contributed by atoms with E-state index in [0.717, 1.165) is 0 Å². The predicted molar refractivity (Wildman–Crippen MR) is 52.3 cm³/mol. The maximum atomic E-state index is 9.63. The lowest BCUT2D eigenvalue weighted by Gasteiger charge is -2.40. The van der Waals surface area contributed by atoms with Gasteiger partial charge in [-0.15, -0.1) is 0 Å². The number of hydrogen-bond donors (Lipinski definition) is 4. The van der Waals surface area contributed by atoms with Crippen molar-refractivity contribution in [2.24, 2.45) is 0 Å². The molecule has 90 valence electrons. The molecule has 0 aromatic heterocycles. The van der Waals surface area contributed by atoms with Crippen LogP contribution < -0.4 is 0 Å². The number of likely N-dealkylation sites (N-methyl/N-ethyl adjacent to an activating group) is 1. The lowest BCUT2D eigenvalue weighted by atomic mass is 9.95. The van der Waals surface area contributed by atoms with Gasteiger partial charge in [0.15, 0.2) is 0 Å².